The van der Waals surface area contributed by atoms with Gasteiger partial charge in [0.1, 0.15) is 6.04 Å². The van der Waals surface area contributed by atoms with E-state index in [4.69, 9.17) is 0 Å². The monoisotopic (exact) mass is 515 g/mol. The molecule has 0 bridgehead atoms. The van der Waals surface area contributed by atoms with Crippen molar-refractivity contribution in [2.45, 2.75) is 78.9 Å². The SMILES string of the molecule is CCc1ccc(N(CCCC(=O)N(Cc2cccc(C)c2)[C@@H](C)C(=O)NC(C)(C)C)S(C)(=O)=O)cc1. The number of rotatable bonds is 11. The predicted molar refractivity (Wildman–Crippen MR) is 146 cm³/mol. The highest BCUT2D eigenvalue weighted by molar-refractivity contribution is 7.92. The van der Waals surface area contributed by atoms with Gasteiger partial charge in [0.25, 0.3) is 0 Å². The summed E-state index contributed by atoms with van der Waals surface area (Å²) in [5.41, 5.74) is 3.29. The molecule has 198 valence electrons. The normalized spacial score (nSPS) is 12.6. The number of aryl methyl sites for hydroxylation is 2. The van der Waals surface area contributed by atoms with E-state index in [1.807, 2.05) is 71.0 Å². The van der Waals surface area contributed by atoms with E-state index >= 15 is 0 Å². The zero-order chi connectivity index (χ0) is 27.1. The molecule has 36 heavy (non-hydrogen) atoms. The fourth-order valence-corrected chi connectivity index (χ4v) is 4.93. The van der Waals surface area contributed by atoms with Crippen molar-refractivity contribution in [1.82, 2.24) is 10.2 Å². The number of sulfonamides is 1. The molecule has 1 atom stereocenters. The molecule has 1 N–H and O–H groups in total. The van der Waals surface area contributed by atoms with Crippen molar-refractivity contribution in [3.63, 3.8) is 0 Å². The molecule has 2 rings (SSSR count). The van der Waals surface area contributed by atoms with Crippen LogP contribution in [0.3, 0.4) is 0 Å². The minimum atomic E-state index is -3.51. The van der Waals surface area contributed by atoms with E-state index in [2.05, 4.69) is 5.32 Å². The van der Waals surface area contributed by atoms with Crippen molar-refractivity contribution in [2.24, 2.45) is 0 Å². The third kappa shape index (κ3) is 8.97. The van der Waals surface area contributed by atoms with Gasteiger partial charge in [0.15, 0.2) is 0 Å². The van der Waals surface area contributed by atoms with Crippen LogP contribution in [0.5, 0.6) is 0 Å². The summed E-state index contributed by atoms with van der Waals surface area (Å²) in [7, 11) is -3.51. The molecule has 7 nitrogen and oxygen atoms in total. The zero-order valence-corrected chi connectivity index (χ0v) is 23.5. The summed E-state index contributed by atoms with van der Waals surface area (Å²) in [6.07, 6.45) is 2.49. The first-order chi connectivity index (χ1) is 16.7. The molecule has 2 aromatic carbocycles. The van der Waals surface area contributed by atoms with Crippen LogP contribution in [-0.2, 0) is 32.6 Å². The second kappa shape index (κ2) is 12.4. The maximum absolute atomic E-state index is 13.4. The number of carbonyl (C=O) groups excluding carboxylic acids is 2. The van der Waals surface area contributed by atoms with E-state index in [-0.39, 0.29) is 24.8 Å². The van der Waals surface area contributed by atoms with Crippen LogP contribution in [-0.4, -0.2) is 49.5 Å². The van der Waals surface area contributed by atoms with Gasteiger partial charge in [-0.15, -0.1) is 0 Å². The van der Waals surface area contributed by atoms with Crippen LogP contribution in [0.25, 0.3) is 0 Å². The lowest BCUT2D eigenvalue weighted by atomic mass is 10.1. The summed E-state index contributed by atoms with van der Waals surface area (Å²) in [5, 5.41) is 2.96. The standard InChI is InChI=1S/C28H41N3O4S/c1-8-23-14-16-25(17-15-23)31(36(7,34)35)18-10-13-26(32)30(20-24-12-9-11-21(2)19-24)22(3)27(33)29-28(4,5)6/h9,11-12,14-17,19,22H,8,10,13,18,20H2,1-7H3,(H,29,33)/t22-/m0/s1. The second-order valence-corrected chi connectivity index (χ2v) is 12.3. The molecular formula is C28H41N3O4S. The summed E-state index contributed by atoms with van der Waals surface area (Å²) >= 11 is 0. The summed E-state index contributed by atoms with van der Waals surface area (Å²) in [4.78, 5) is 27.9. The summed E-state index contributed by atoms with van der Waals surface area (Å²) in [5.74, 6) is -0.417. The number of hydrogen-bond donors (Lipinski definition) is 1. The maximum Gasteiger partial charge on any atom is 0.242 e. The van der Waals surface area contributed by atoms with E-state index in [1.54, 1.807) is 24.0 Å². The number of hydrogen-bond acceptors (Lipinski definition) is 4. The summed E-state index contributed by atoms with van der Waals surface area (Å²) in [6, 6.07) is 14.6. The lowest BCUT2D eigenvalue weighted by Gasteiger charge is -2.32. The molecule has 0 spiro atoms. The summed E-state index contributed by atoms with van der Waals surface area (Å²) in [6.45, 7) is 11.9. The molecule has 0 aliphatic heterocycles. The second-order valence-electron chi connectivity index (χ2n) is 10.4. The Balaban J connectivity index is 2.18. The number of carbonyl (C=O) groups is 2. The Morgan fingerprint density at radius 1 is 1.03 bits per heavy atom. The number of anilines is 1. The Hall–Kier alpha value is -2.87. The lowest BCUT2D eigenvalue weighted by molar-refractivity contribution is -0.141. The first kappa shape index (κ1) is 29.4. The first-order valence-corrected chi connectivity index (χ1v) is 14.3. The molecule has 0 aliphatic rings. The number of nitrogens with zero attached hydrogens (tertiary/aromatic N) is 2. The maximum atomic E-state index is 13.4. The minimum absolute atomic E-state index is 0.123. The highest BCUT2D eigenvalue weighted by Crippen LogP contribution is 2.20. The van der Waals surface area contributed by atoms with E-state index in [9.17, 15) is 18.0 Å². The molecule has 0 heterocycles. The van der Waals surface area contributed by atoms with Gasteiger partial charge in [0.05, 0.1) is 11.9 Å². The molecular weight excluding hydrogens is 474 g/mol. The first-order valence-electron chi connectivity index (χ1n) is 12.4. The van der Waals surface area contributed by atoms with E-state index in [0.717, 1.165) is 23.1 Å². The van der Waals surface area contributed by atoms with Gasteiger partial charge in [-0.25, -0.2) is 8.42 Å². The Kier molecular flexibility index (Phi) is 10.1. The Bertz CT molecular complexity index is 1140. The minimum Gasteiger partial charge on any atom is -0.350 e. The highest BCUT2D eigenvalue weighted by Gasteiger charge is 2.28. The van der Waals surface area contributed by atoms with Gasteiger partial charge in [0.2, 0.25) is 21.8 Å². The largest absolute Gasteiger partial charge is 0.350 e. The molecule has 0 radical (unpaired) electrons. The fraction of sp³-hybridized carbons (Fsp3) is 0.500. The smallest absolute Gasteiger partial charge is 0.242 e. The van der Waals surface area contributed by atoms with Crippen molar-refractivity contribution in [2.75, 3.05) is 17.1 Å². The quantitative estimate of drug-likeness (QED) is 0.479. The van der Waals surface area contributed by atoms with Crippen LogP contribution in [0.15, 0.2) is 48.5 Å². The van der Waals surface area contributed by atoms with Crippen LogP contribution in [0, 0.1) is 6.92 Å². The van der Waals surface area contributed by atoms with Gasteiger partial charge < -0.3 is 10.2 Å². The third-order valence-electron chi connectivity index (χ3n) is 5.89. The molecule has 0 aromatic heterocycles. The van der Waals surface area contributed by atoms with Crippen molar-refractivity contribution in [1.29, 1.82) is 0 Å². The van der Waals surface area contributed by atoms with Crippen LogP contribution in [0.2, 0.25) is 0 Å². The molecule has 0 saturated carbocycles. The molecule has 0 saturated heterocycles. The van der Waals surface area contributed by atoms with Crippen LogP contribution in [0.4, 0.5) is 5.69 Å². The third-order valence-corrected chi connectivity index (χ3v) is 7.08. The van der Waals surface area contributed by atoms with Gasteiger partial charge in [-0.05, 0) is 70.7 Å². The average molecular weight is 516 g/mol. The van der Waals surface area contributed by atoms with E-state index < -0.39 is 21.6 Å². The Labute approximate surface area is 216 Å². The average Bonchev–Trinajstić information content (AvgIpc) is 2.78. The van der Waals surface area contributed by atoms with Crippen LogP contribution in [0.1, 0.15) is 64.2 Å². The van der Waals surface area contributed by atoms with Gasteiger partial charge in [-0.2, -0.15) is 0 Å². The van der Waals surface area contributed by atoms with Crippen molar-refractivity contribution < 1.29 is 18.0 Å². The van der Waals surface area contributed by atoms with Crippen LogP contribution < -0.4 is 9.62 Å². The lowest BCUT2D eigenvalue weighted by Crippen LogP contribution is -2.52. The van der Waals surface area contributed by atoms with Crippen molar-refractivity contribution >= 4 is 27.5 Å². The zero-order valence-electron chi connectivity index (χ0n) is 22.7. The molecule has 8 heteroatoms. The van der Waals surface area contributed by atoms with Gasteiger partial charge in [-0.1, -0.05) is 48.9 Å². The summed E-state index contributed by atoms with van der Waals surface area (Å²) < 4.78 is 26.3. The van der Waals surface area contributed by atoms with E-state index in [0.29, 0.717) is 18.7 Å². The molecule has 2 amide bonds. The topological polar surface area (TPSA) is 86.8 Å². The Morgan fingerprint density at radius 3 is 2.19 bits per heavy atom. The van der Waals surface area contributed by atoms with Gasteiger partial charge >= 0.3 is 0 Å². The fourth-order valence-electron chi connectivity index (χ4n) is 3.97. The number of benzene rings is 2. The predicted octanol–water partition coefficient (Wildman–Crippen LogP) is 4.44. The molecule has 0 fully saturated rings. The Morgan fingerprint density at radius 2 is 1.67 bits per heavy atom. The number of nitrogens with one attached hydrogen (secondary N) is 1. The van der Waals surface area contributed by atoms with E-state index in [1.165, 1.54) is 10.6 Å². The number of amides is 2. The highest BCUT2D eigenvalue weighted by atomic mass is 32.2. The van der Waals surface area contributed by atoms with Crippen LogP contribution >= 0.6 is 0 Å². The molecule has 0 unspecified atom stereocenters. The molecule has 0 aliphatic carbocycles. The molecule has 2 aromatic rings. The van der Waals surface area contributed by atoms with Crippen molar-refractivity contribution in [3.8, 4) is 0 Å². The van der Waals surface area contributed by atoms with Gasteiger partial charge in [0, 0.05) is 25.0 Å². The van der Waals surface area contributed by atoms with Crippen molar-refractivity contribution in [3.05, 3.63) is 65.2 Å². The van der Waals surface area contributed by atoms with Gasteiger partial charge in [-0.3, -0.25) is 13.9 Å².